The molecule has 2 aromatic carbocycles. The highest BCUT2D eigenvalue weighted by atomic mass is 32.2. The van der Waals surface area contributed by atoms with E-state index >= 15 is 0 Å². The molecule has 0 bridgehead atoms. The second-order valence-electron chi connectivity index (χ2n) is 6.67. The van der Waals surface area contributed by atoms with Crippen molar-refractivity contribution in [1.82, 2.24) is 9.13 Å². The normalized spacial score (nSPS) is 14.1. The molecule has 4 aromatic rings. The lowest BCUT2D eigenvalue weighted by Crippen LogP contribution is -2.16. The van der Waals surface area contributed by atoms with Gasteiger partial charge in [-0.1, -0.05) is 22.7 Å². The topological polar surface area (TPSA) is 143 Å². The molecular formula is C18H18N4O6S4. The molecule has 0 atom stereocenters. The molecule has 32 heavy (non-hydrogen) atoms. The highest BCUT2D eigenvalue weighted by Crippen LogP contribution is 2.23. The van der Waals surface area contributed by atoms with Gasteiger partial charge >= 0.3 is 0 Å². The van der Waals surface area contributed by atoms with Gasteiger partial charge in [-0.3, -0.25) is 9.11 Å². The average Bonchev–Trinajstić information content (AvgIpc) is 3.26. The zero-order valence-corrected chi connectivity index (χ0v) is 20.1. The van der Waals surface area contributed by atoms with Crippen LogP contribution in [0.2, 0.25) is 0 Å². The summed E-state index contributed by atoms with van der Waals surface area (Å²) in [6.45, 7) is 4.77. The molecule has 170 valence electrons. The van der Waals surface area contributed by atoms with Crippen LogP contribution < -0.4 is 9.60 Å². The van der Waals surface area contributed by atoms with Crippen molar-refractivity contribution < 1.29 is 25.9 Å². The minimum Gasteiger partial charge on any atom is -0.315 e. The second-order valence-corrected chi connectivity index (χ2v) is 11.5. The van der Waals surface area contributed by atoms with Gasteiger partial charge in [0.25, 0.3) is 20.2 Å². The molecule has 2 aromatic heterocycles. The fourth-order valence-corrected chi connectivity index (χ4v) is 6.32. The van der Waals surface area contributed by atoms with E-state index in [0.717, 1.165) is 9.40 Å². The number of aromatic nitrogens is 2. The highest BCUT2D eigenvalue weighted by molar-refractivity contribution is 7.86. The Hall–Kier alpha value is -2.36. The van der Waals surface area contributed by atoms with Gasteiger partial charge in [0.05, 0.1) is 30.2 Å². The van der Waals surface area contributed by atoms with Crippen LogP contribution in [0.3, 0.4) is 0 Å². The number of fused-ring (bicyclic) bond motifs is 2. The molecule has 0 aliphatic rings. The Morgan fingerprint density at radius 2 is 1.12 bits per heavy atom. The fraction of sp³-hybridized carbons (Fsp3) is 0.222. The van der Waals surface area contributed by atoms with Gasteiger partial charge < -0.3 is 9.13 Å². The number of rotatable bonds is 5. The van der Waals surface area contributed by atoms with E-state index in [4.69, 9.17) is 0 Å². The largest absolute Gasteiger partial charge is 0.315 e. The van der Waals surface area contributed by atoms with Gasteiger partial charge in [0.15, 0.2) is 0 Å². The van der Waals surface area contributed by atoms with Crippen LogP contribution in [0.5, 0.6) is 0 Å². The predicted octanol–water partition coefficient (Wildman–Crippen LogP) is 2.67. The monoisotopic (exact) mass is 514 g/mol. The molecule has 0 unspecified atom stereocenters. The van der Waals surface area contributed by atoms with Crippen LogP contribution in [0, 0.1) is 0 Å². The zero-order chi connectivity index (χ0) is 23.3. The van der Waals surface area contributed by atoms with Gasteiger partial charge in [0, 0.05) is 13.1 Å². The van der Waals surface area contributed by atoms with Crippen molar-refractivity contribution in [2.75, 3.05) is 0 Å². The van der Waals surface area contributed by atoms with Gasteiger partial charge in [-0.15, -0.1) is 10.2 Å². The Morgan fingerprint density at radius 1 is 0.750 bits per heavy atom. The fourth-order valence-electron chi connectivity index (χ4n) is 3.27. The first kappa shape index (κ1) is 22.8. The molecule has 14 heteroatoms. The van der Waals surface area contributed by atoms with Crippen LogP contribution in [0.15, 0.2) is 56.4 Å². The van der Waals surface area contributed by atoms with Crippen molar-refractivity contribution >= 4 is 63.3 Å². The third-order valence-electron chi connectivity index (χ3n) is 4.76. The minimum atomic E-state index is -4.33. The van der Waals surface area contributed by atoms with Crippen LogP contribution in [-0.2, 0) is 33.3 Å². The van der Waals surface area contributed by atoms with Crippen molar-refractivity contribution in [2.24, 2.45) is 10.2 Å². The summed E-state index contributed by atoms with van der Waals surface area (Å²) in [6, 6.07) is 8.67. The Kier molecular flexibility index (Phi) is 5.85. The maximum Gasteiger partial charge on any atom is 0.294 e. The van der Waals surface area contributed by atoms with Gasteiger partial charge in [-0.25, -0.2) is 0 Å². The number of hydrogen-bond acceptors (Lipinski definition) is 8. The first-order valence-electron chi connectivity index (χ1n) is 9.32. The Balaban J connectivity index is 1.93. The predicted molar refractivity (Wildman–Crippen MR) is 122 cm³/mol. The van der Waals surface area contributed by atoms with E-state index in [2.05, 4.69) is 10.2 Å². The summed E-state index contributed by atoms with van der Waals surface area (Å²) >= 11 is 2.64. The Labute approximate surface area is 190 Å². The number of thiazole rings is 2. The molecule has 0 spiro atoms. The quantitative estimate of drug-likeness (QED) is 0.310. The molecule has 0 aliphatic heterocycles. The first-order valence-corrected chi connectivity index (χ1v) is 13.8. The molecule has 0 aliphatic carbocycles. The molecule has 0 saturated heterocycles. The maximum atomic E-state index is 11.5. The van der Waals surface area contributed by atoms with Crippen LogP contribution in [0.4, 0.5) is 0 Å². The summed E-state index contributed by atoms with van der Waals surface area (Å²) < 4.78 is 69.8. The summed E-state index contributed by atoms with van der Waals surface area (Å²) in [4.78, 5) is 0.676. The van der Waals surface area contributed by atoms with E-state index in [0.29, 0.717) is 33.7 Å². The standard InChI is InChI=1S/C18H18N4O6S4/c1-3-21-13-9-11(31(23,24)25)5-7-15(13)29-17(21)19-20-18-22(4-2)14-10-12(32(26,27)28)6-8-16(14)30-18/h5-10H,3-4H2,1-2H3,(H,23,24,25)(H,26,27,28)/b19-17-,20-18-. The summed E-state index contributed by atoms with van der Waals surface area (Å²) in [6.07, 6.45) is 0. The first-order chi connectivity index (χ1) is 15.0. The lowest BCUT2D eigenvalue weighted by atomic mass is 10.3. The smallest absolute Gasteiger partial charge is 0.294 e. The Bertz CT molecular complexity index is 1580. The molecule has 0 saturated carbocycles. The van der Waals surface area contributed by atoms with Crippen LogP contribution in [0.25, 0.3) is 20.4 Å². The second kappa shape index (κ2) is 8.20. The van der Waals surface area contributed by atoms with Crippen molar-refractivity contribution in [3.63, 3.8) is 0 Å². The van der Waals surface area contributed by atoms with Crippen LogP contribution in [0.1, 0.15) is 13.8 Å². The zero-order valence-electron chi connectivity index (χ0n) is 16.8. The summed E-state index contributed by atoms with van der Waals surface area (Å²) in [5.41, 5.74) is 1.22. The van der Waals surface area contributed by atoms with Gasteiger partial charge in [-0.05, 0) is 50.2 Å². The van der Waals surface area contributed by atoms with E-state index in [1.807, 2.05) is 13.8 Å². The van der Waals surface area contributed by atoms with Gasteiger partial charge in [-0.2, -0.15) is 16.8 Å². The third kappa shape index (κ3) is 4.16. The van der Waals surface area contributed by atoms with E-state index in [1.54, 1.807) is 21.3 Å². The van der Waals surface area contributed by atoms with E-state index < -0.39 is 20.2 Å². The van der Waals surface area contributed by atoms with Crippen molar-refractivity contribution in [3.05, 3.63) is 46.0 Å². The molecule has 4 rings (SSSR count). The molecule has 2 heterocycles. The minimum absolute atomic E-state index is 0.198. The SMILES string of the molecule is CCn1/c(=N/N=c2\sc3ccc(S(=O)(=O)O)cc3n2CC)sc2ccc(S(=O)(=O)O)cc21. The molecule has 0 radical (unpaired) electrons. The van der Waals surface area contributed by atoms with Crippen molar-refractivity contribution in [3.8, 4) is 0 Å². The van der Waals surface area contributed by atoms with Crippen molar-refractivity contribution in [2.45, 2.75) is 36.7 Å². The van der Waals surface area contributed by atoms with E-state index in [9.17, 15) is 25.9 Å². The number of benzene rings is 2. The highest BCUT2D eigenvalue weighted by Gasteiger charge is 2.14. The lowest BCUT2D eigenvalue weighted by molar-refractivity contribution is 0.481. The summed E-state index contributed by atoms with van der Waals surface area (Å²) in [5, 5.41) is 8.74. The number of aryl methyl sites for hydroxylation is 2. The maximum absolute atomic E-state index is 11.5. The average molecular weight is 515 g/mol. The summed E-state index contributed by atoms with van der Waals surface area (Å²) in [7, 11) is -8.66. The Morgan fingerprint density at radius 3 is 1.44 bits per heavy atom. The number of hydrogen-bond donors (Lipinski definition) is 2. The number of nitrogens with zero attached hydrogens (tertiary/aromatic N) is 4. The van der Waals surface area contributed by atoms with Gasteiger partial charge in [0.2, 0.25) is 9.60 Å². The van der Waals surface area contributed by atoms with Crippen LogP contribution in [-0.4, -0.2) is 35.1 Å². The molecular weight excluding hydrogens is 496 g/mol. The van der Waals surface area contributed by atoms with Crippen molar-refractivity contribution in [1.29, 1.82) is 0 Å². The van der Waals surface area contributed by atoms with Crippen LogP contribution >= 0.6 is 22.7 Å². The molecule has 0 amide bonds. The molecule has 10 nitrogen and oxygen atoms in total. The van der Waals surface area contributed by atoms with E-state index in [1.165, 1.54) is 46.9 Å². The van der Waals surface area contributed by atoms with Gasteiger partial charge in [0.1, 0.15) is 0 Å². The molecule has 2 N–H and O–H groups in total. The van der Waals surface area contributed by atoms with E-state index in [-0.39, 0.29) is 9.79 Å². The lowest BCUT2D eigenvalue weighted by Gasteiger charge is -2.02. The summed E-state index contributed by atoms with van der Waals surface area (Å²) in [5.74, 6) is 0. The third-order valence-corrected chi connectivity index (χ3v) is 8.55. The molecule has 0 fully saturated rings.